The van der Waals surface area contributed by atoms with Crippen LogP contribution in [0.4, 0.5) is 5.69 Å². The van der Waals surface area contributed by atoms with Crippen LogP contribution in [0.1, 0.15) is 49.9 Å². The number of benzene rings is 2. The first-order valence-electron chi connectivity index (χ1n) is 9.28. The van der Waals surface area contributed by atoms with E-state index in [1.54, 1.807) is 12.1 Å². The maximum Gasteiger partial charge on any atom is 0.241 e. The van der Waals surface area contributed by atoms with E-state index in [-0.39, 0.29) is 16.8 Å². The van der Waals surface area contributed by atoms with Crippen molar-refractivity contribution in [2.45, 2.75) is 51.0 Å². The van der Waals surface area contributed by atoms with Crippen LogP contribution in [-0.4, -0.2) is 14.3 Å². The van der Waals surface area contributed by atoms with Gasteiger partial charge in [-0.05, 0) is 60.6 Å². The summed E-state index contributed by atoms with van der Waals surface area (Å²) in [7, 11) is -3.65. The number of sulfonamides is 1. The molecule has 2 aromatic rings. The van der Waals surface area contributed by atoms with Crippen LogP contribution in [0.5, 0.6) is 0 Å². The number of anilines is 1. The Hall–Kier alpha value is -2.18. The largest absolute Gasteiger partial charge is 0.326 e. The molecule has 144 valence electrons. The number of hydrogen-bond acceptors (Lipinski definition) is 3. The summed E-state index contributed by atoms with van der Waals surface area (Å²) in [6.07, 6.45) is 1.94. The van der Waals surface area contributed by atoms with Crippen LogP contribution in [0.25, 0.3) is 0 Å². The van der Waals surface area contributed by atoms with Crippen molar-refractivity contribution < 1.29 is 13.2 Å². The van der Waals surface area contributed by atoms with Gasteiger partial charge in [-0.2, -0.15) is 0 Å². The molecule has 27 heavy (non-hydrogen) atoms. The molecule has 0 bridgehead atoms. The molecule has 0 saturated carbocycles. The second kappa shape index (κ2) is 7.82. The van der Waals surface area contributed by atoms with Gasteiger partial charge in [-0.1, -0.05) is 38.1 Å². The predicted octanol–water partition coefficient (Wildman–Crippen LogP) is 3.81. The van der Waals surface area contributed by atoms with Gasteiger partial charge in [0.1, 0.15) is 0 Å². The summed E-state index contributed by atoms with van der Waals surface area (Å²) in [4.78, 5) is 11.7. The van der Waals surface area contributed by atoms with Crippen molar-refractivity contribution in [2.75, 3.05) is 5.32 Å². The van der Waals surface area contributed by atoms with Gasteiger partial charge in [0.25, 0.3) is 0 Å². The van der Waals surface area contributed by atoms with Gasteiger partial charge in [-0.25, -0.2) is 13.1 Å². The standard InChI is InChI=1S/C21H26N2O3S/c1-14(2)12-16-4-6-17(7-5-16)15(3)23-27(25,26)19-9-10-20-18(13-19)8-11-21(24)22-20/h4-7,9-10,13-15,23H,8,11-12H2,1-3H3,(H,22,24). The van der Waals surface area contributed by atoms with Gasteiger partial charge in [0.05, 0.1) is 4.90 Å². The normalized spacial score (nSPS) is 15.3. The summed E-state index contributed by atoms with van der Waals surface area (Å²) >= 11 is 0. The second-order valence-corrected chi connectivity index (χ2v) is 9.26. The van der Waals surface area contributed by atoms with Gasteiger partial charge in [0.15, 0.2) is 0 Å². The van der Waals surface area contributed by atoms with Crippen molar-refractivity contribution >= 4 is 21.6 Å². The highest BCUT2D eigenvalue weighted by Gasteiger charge is 2.22. The molecule has 2 N–H and O–H groups in total. The van der Waals surface area contributed by atoms with E-state index in [4.69, 9.17) is 0 Å². The summed E-state index contributed by atoms with van der Waals surface area (Å²) < 4.78 is 28.3. The molecule has 0 aliphatic carbocycles. The zero-order valence-electron chi connectivity index (χ0n) is 16.0. The summed E-state index contributed by atoms with van der Waals surface area (Å²) in [6, 6.07) is 12.6. The SMILES string of the molecule is CC(C)Cc1ccc(C(C)NS(=O)(=O)c2ccc3c(c2)CCC(=O)N3)cc1. The number of aryl methyl sites for hydroxylation is 1. The lowest BCUT2D eigenvalue weighted by Gasteiger charge is -2.19. The number of nitrogens with one attached hydrogen (secondary N) is 2. The van der Waals surface area contributed by atoms with Gasteiger partial charge < -0.3 is 5.32 Å². The zero-order valence-corrected chi connectivity index (χ0v) is 16.8. The molecule has 1 unspecified atom stereocenters. The summed E-state index contributed by atoms with van der Waals surface area (Å²) in [5.41, 5.74) is 3.72. The maximum absolute atomic E-state index is 12.8. The highest BCUT2D eigenvalue weighted by atomic mass is 32.2. The molecule has 2 aromatic carbocycles. The van der Waals surface area contributed by atoms with Crippen molar-refractivity contribution in [1.29, 1.82) is 0 Å². The molecule has 0 spiro atoms. The molecule has 1 heterocycles. The third kappa shape index (κ3) is 4.76. The molecular weight excluding hydrogens is 360 g/mol. The van der Waals surface area contributed by atoms with Crippen LogP contribution < -0.4 is 10.0 Å². The van der Waals surface area contributed by atoms with Crippen LogP contribution >= 0.6 is 0 Å². The molecule has 1 aliphatic rings. The van der Waals surface area contributed by atoms with Gasteiger partial charge in [0.2, 0.25) is 15.9 Å². The van der Waals surface area contributed by atoms with E-state index in [1.807, 2.05) is 19.1 Å². The van der Waals surface area contributed by atoms with Crippen LogP contribution in [0.15, 0.2) is 47.4 Å². The number of carbonyl (C=O) groups is 1. The molecule has 1 amide bonds. The summed E-state index contributed by atoms with van der Waals surface area (Å²) in [6.45, 7) is 6.19. The van der Waals surface area contributed by atoms with Crippen molar-refractivity contribution in [1.82, 2.24) is 4.72 Å². The molecule has 0 aromatic heterocycles. The minimum Gasteiger partial charge on any atom is -0.326 e. The number of fused-ring (bicyclic) bond motifs is 1. The lowest BCUT2D eigenvalue weighted by molar-refractivity contribution is -0.116. The Balaban J connectivity index is 1.75. The smallest absolute Gasteiger partial charge is 0.241 e. The Morgan fingerprint density at radius 2 is 1.74 bits per heavy atom. The van der Waals surface area contributed by atoms with Crippen molar-refractivity contribution in [3.05, 3.63) is 59.2 Å². The Labute approximate surface area is 161 Å². The fourth-order valence-corrected chi connectivity index (χ4v) is 4.59. The molecule has 0 saturated heterocycles. The lowest BCUT2D eigenvalue weighted by atomic mass is 10.0. The lowest BCUT2D eigenvalue weighted by Crippen LogP contribution is -2.27. The molecule has 0 radical (unpaired) electrons. The third-order valence-corrected chi connectivity index (χ3v) is 6.28. The average Bonchev–Trinajstić information content (AvgIpc) is 2.61. The molecule has 1 atom stereocenters. The van der Waals surface area contributed by atoms with E-state index in [1.165, 1.54) is 11.6 Å². The highest BCUT2D eigenvalue weighted by Crippen LogP contribution is 2.26. The van der Waals surface area contributed by atoms with Crippen molar-refractivity contribution in [3.63, 3.8) is 0 Å². The van der Waals surface area contributed by atoms with Crippen LogP contribution in [0, 0.1) is 5.92 Å². The second-order valence-electron chi connectivity index (χ2n) is 7.55. The molecule has 3 rings (SSSR count). The summed E-state index contributed by atoms with van der Waals surface area (Å²) in [5.74, 6) is 0.548. The predicted molar refractivity (Wildman–Crippen MR) is 107 cm³/mol. The molecule has 6 heteroatoms. The first kappa shape index (κ1) is 19.6. The van der Waals surface area contributed by atoms with Crippen LogP contribution in [0.2, 0.25) is 0 Å². The zero-order chi connectivity index (χ0) is 19.6. The van der Waals surface area contributed by atoms with Crippen molar-refractivity contribution in [2.24, 2.45) is 5.92 Å². The van der Waals surface area contributed by atoms with E-state index < -0.39 is 10.0 Å². The Morgan fingerprint density at radius 3 is 2.41 bits per heavy atom. The average molecular weight is 387 g/mol. The van der Waals surface area contributed by atoms with Crippen molar-refractivity contribution in [3.8, 4) is 0 Å². The number of rotatable bonds is 6. The van der Waals surface area contributed by atoms with Gasteiger partial charge in [-0.15, -0.1) is 0 Å². The number of carbonyl (C=O) groups excluding carboxylic acids is 1. The number of amides is 1. The van der Waals surface area contributed by atoms with E-state index in [0.29, 0.717) is 24.4 Å². The molecule has 0 fully saturated rings. The highest BCUT2D eigenvalue weighted by molar-refractivity contribution is 7.89. The van der Waals surface area contributed by atoms with E-state index in [2.05, 4.69) is 36.0 Å². The topological polar surface area (TPSA) is 75.3 Å². The van der Waals surface area contributed by atoms with Crippen LogP contribution in [0.3, 0.4) is 0 Å². The van der Waals surface area contributed by atoms with Gasteiger partial charge >= 0.3 is 0 Å². The van der Waals surface area contributed by atoms with E-state index in [0.717, 1.165) is 17.5 Å². The first-order chi connectivity index (χ1) is 12.7. The van der Waals surface area contributed by atoms with E-state index in [9.17, 15) is 13.2 Å². The first-order valence-corrected chi connectivity index (χ1v) is 10.8. The molecule has 5 nitrogen and oxygen atoms in total. The number of hydrogen-bond donors (Lipinski definition) is 2. The summed E-state index contributed by atoms with van der Waals surface area (Å²) in [5, 5.41) is 2.77. The minimum absolute atomic E-state index is 0.0363. The monoisotopic (exact) mass is 386 g/mol. The fraction of sp³-hybridized carbons (Fsp3) is 0.381. The Bertz CT molecular complexity index is 934. The maximum atomic E-state index is 12.8. The molecular formula is C21H26N2O3S. The van der Waals surface area contributed by atoms with Crippen LogP contribution in [-0.2, 0) is 27.7 Å². The van der Waals surface area contributed by atoms with Gasteiger partial charge in [-0.3, -0.25) is 4.79 Å². The minimum atomic E-state index is -3.65. The third-order valence-electron chi connectivity index (χ3n) is 4.74. The fourth-order valence-electron chi connectivity index (χ4n) is 3.31. The quantitative estimate of drug-likeness (QED) is 0.793. The molecule has 1 aliphatic heterocycles. The Morgan fingerprint density at radius 1 is 1.04 bits per heavy atom. The van der Waals surface area contributed by atoms with E-state index >= 15 is 0 Å². The Kier molecular flexibility index (Phi) is 5.67. The van der Waals surface area contributed by atoms with Gasteiger partial charge in [0, 0.05) is 18.2 Å².